The number of phenolic OH excluding ortho intramolecular Hbond substituents is 2. The molecule has 2 nitrogen and oxygen atoms in total. The second-order valence-corrected chi connectivity index (χ2v) is 19.2. The molecular formula is C46H60O2S2. The van der Waals surface area contributed by atoms with Gasteiger partial charge in [0.05, 0.1) is 0 Å². The van der Waals surface area contributed by atoms with Crippen molar-refractivity contribution in [1.29, 1.82) is 0 Å². The summed E-state index contributed by atoms with van der Waals surface area (Å²) in [5, 5.41) is 24.7. The van der Waals surface area contributed by atoms with Crippen molar-refractivity contribution in [2.75, 3.05) is 0 Å². The minimum absolute atomic E-state index is 0.0314. The summed E-state index contributed by atoms with van der Waals surface area (Å²) in [7, 11) is 0. The monoisotopic (exact) mass is 708 g/mol. The van der Waals surface area contributed by atoms with Gasteiger partial charge in [-0.2, -0.15) is 23.5 Å². The lowest BCUT2D eigenvalue weighted by atomic mass is 9.83. The number of thioether (sulfide) groups is 2. The summed E-state index contributed by atoms with van der Waals surface area (Å²) in [6.45, 7) is 22.2. The molecule has 1 aliphatic carbocycles. The summed E-state index contributed by atoms with van der Waals surface area (Å²) in [6, 6.07) is 21.8. The second kappa shape index (κ2) is 15.8. The highest BCUT2D eigenvalue weighted by Gasteiger charge is 2.28. The lowest BCUT2D eigenvalue weighted by molar-refractivity contribution is 0.470. The van der Waals surface area contributed by atoms with Crippen molar-refractivity contribution in [3.05, 3.63) is 105 Å². The van der Waals surface area contributed by atoms with Crippen LogP contribution in [0.5, 0.6) is 11.5 Å². The van der Waals surface area contributed by atoms with Crippen molar-refractivity contribution < 1.29 is 10.2 Å². The molecule has 1 fully saturated rings. The zero-order valence-corrected chi connectivity index (χ0v) is 33.9. The lowest BCUT2D eigenvalue weighted by Crippen LogP contribution is -2.22. The van der Waals surface area contributed by atoms with Crippen LogP contribution in [0.15, 0.2) is 60.7 Å². The Hall–Kier alpha value is -2.82. The van der Waals surface area contributed by atoms with E-state index in [1.54, 1.807) is 0 Å². The zero-order chi connectivity index (χ0) is 36.4. The molecule has 2 unspecified atom stereocenters. The van der Waals surface area contributed by atoms with Crippen LogP contribution in [0.1, 0.15) is 125 Å². The van der Waals surface area contributed by atoms with Gasteiger partial charge < -0.3 is 10.2 Å². The Labute approximate surface area is 311 Å². The van der Waals surface area contributed by atoms with Crippen molar-refractivity contribution in [2.24, 2.45) is 0 Å². The number of hydrogen-bond acceptors (Lipinski definition) is 4. The van der Waals surface area contributed by atoms with Crippen LogP contribution in [0.25, 0.3) is 22.3 Å². The van der Waals surface area contributed by atoms with Crippen LogP contribution in [-0.2, 0) is 22.3 Å². The maximum atomic E-state index is 11.9. The van der Waals surface area contributed by atoms with Gasteiger partial charge in [-0.25, -0.2) is 0 Å². The summed E-state index contributed by atoms with van der Waals surface area (Å²) in [5.74, 6) is 2.44. The molecule has 0 bridgehead atoms. The first-order valence-electron chi connectivity index (χ1n) is 18.7. The van der Waals surface area contributed by atoms with Gasteiger partial charge in [-0.3, -0.25) is 0 Å². The van der Waals surface area contributed by atoms with Crippen molar-refractivity contribution in [2.45, 2.75) is 141 Å². The summed E-state index contributed by atoms with van der Waals surface area (Å²) in [4.78, 5) is 0. The predicted molar refractivity (Wildman–Crippen MR) is 221 cm³/mol. The van der Waals surface area contributed by atoms with E-state index in [0.717, 1.165) is 44.9 Å². The van der Waals surface area contributed by atoms with E-state index in [2.05, 4.69) is 130 Å². The van der Waals surface area contributed by atoms with E-state index in [-0.39, 0.29) is 10.8 Å². The summed E-state index contributed by atoms with van der Waals surface area (Å²) in [5.41, 5.74) is 13.6. The Morgan fingerprint density at radius 3 is 1.20 bits per heavy atom. The topological polar surface area (TPSA) is 40.5 Å². The molecule has 0 saturated heterocycles. The van der Waals surface area contributed by atoms with Crippen LogP contribution >= 0.6 is 23.5 Å². The predicted octanol–water partition coefficient (Wildman–Crippen LogP) is 13.5. The van der Waals surface area contributed by atoms with E-state index in [9.17, 15) is 10.2 Å². The quantitative estimate of drug-likeness (QED) is 0.191. The Morgan fingerprint density at radius 2 is 0.880 bits per heavy atom. The fourth-order valence-corrected chi connectivity index (χ4v) is 10.6. The third-order valence-electron chi connectivity index (χ3n) is 10.7. The summed E-state index contributed by atoms with van der Waals surface area (Å²) >= 11 is 4.07. The smallest absolute Gasteiger partial charge is 0.127 e. The van der Waals surface area contributed by atoms with Crippen LogP contribution in [0.4, 0.5) is 0 Å². The van der Waals surface area contributed by atoms with Gasteiger partial charge >= 0.3 is 0 Å². The summed E-state index contributed by atoms with van der Waals surface area (Å²) in [6.07, 6.45) is 7.46. The van der Waals surface area contributed by atoms with E-state index in [0.29, 0.717) is 22.0 Å². The average molecular weight is 709 g/mol. The van der Waals surface area contributed by atoms with Crippen LogP contribution in [0, 0.1) is 27.7 Å². The van der Waals surface area contributed by atoms with Crippen LogP contribution < -0.4 is 0 Å². The van der Waals surface area contributed by atoms with Crippen molar-refractivity contribution >= 4 is 23.5 Å². The Kier molecular flexibility index (Phi) is 12.2. The molecule has 0 radical (unpaired) electrons. The lowest BCUT2D eigenvalue weighted by Gasteiger charge is -2.30. The molecule has 0 aliphatic heterocycles. The number of phenols is 2. The molecule has 1 aliphatic rings. The molecule has 0 spiro atoms. The second-order valence-electron chi connectivity index (χ2n) is 16.8. The first-order chi connectivity index (χ1) is 23.6. The van der Waals surface area contributed by atoms with Crippen molar-refractivity contribution in [1.82, 2.24) is 0 Å². The molecule has 2 atom stereocenters. The normalized spacial score (nSPS) is 17.4. The molecule has 4 aromatic rings. The number of aromatic hydroxyl groups is 2. The highest BCUT2D eigenvalue weighted by molar-refractivity contribution is 8.03. The number of aryl methyl sites for hydroxylation is 4. The number of hydrogen-bond donors (Lipinski definition) is 2. The maximum absolute atomic E-state index is 11.9. The third kappa shape index (κ3) is 8.79. The molecule has 1 saturated carbocycles. The van der Waals surface area contributed by atoms with Gasteiger partial charge in [-0.1, -0.05) is 116 Å². The van der Waals surface area contributed by atoms with Gasteiger partial charge in [0.25, 0.3) is 0 Å². The van der Waals surface area contributed by atoms with Crippen LogP contribution in [0.2, 0.25) is 0 Å². The van der Waals surface area contributed by atoms with Gasteiger partial charge in [-0.05, 0) is 108 Å². The molecule has 0 amide bonds. The molecule has 0 heterocycles. The first-order valence-corrected chi connectivity index (χ1v) is 20.7. The number of rotatable bonds is 8. The minimum Gasteiger partial charge on any atom is -0.507 e. The van der Waals surface area contributed by atoms with Crippen LogP contribution in [-0.4, -0.2) is 20.7 Å². The largest absolute Gasteiger partial charge is 0.507 e. The van der Waals surface area contributed by atoms with Crippen molar-refractivity contribution in [3.8, 4) is 33.8 Å². The molecular weight excluding hydrogens is 649 g/mol. The SMILES string of the molecule is Cc1cccc(C)c1-c1cc(C(C)(C)C)cc(CSC2CCCCCCC2SCc2cc(C(C)(C)C)cc(-c3c(C)cccc3C)c2O)c1O. The molecule has 50 heavy (non-hydrogen) atoms. The fourth-order valence-electron chi connectivity index (χ4n) is 7.53. The maximum Gasteiger partial charge on any atom is 0.127 e. The van der Waals surface area contributed by atoms with Gasteiger partial charge in [0.1, 0.15) is 11.5 Å². The highest BCUT2D eigenvalue weighted by atomic mass is 32.2. The van der Waals surface area contributed by atoms with Gasteiger partial charge in [-0.15, -0.1) is 0 Å². The molecule has 5 rings (SSSR count). The zero-order valence-electron chi connectivity index (χ0n) is 32.3. The van der Waals surface area contributed by atoms with E-state index in [4.69, 9.17) is 0 Å². The molecule has 4 aromatic carbocycles. The van der Waals surface area contributed by atoms with E-state index in [1.807, 2.05) is 23.5 Å². The molecule has 4 heteroatoms. The van der Waals surface area contributed by atoms with E-state index in [1.165, 1.54) is 71.9 Å². The molecule has 268 valence electrons. The van der Waals surface area contributed by atoms with E-state index < -0.39 is 0 Å². The summed E-state index contributed by atoms with van der Waals surface area (Å²) < 4.78 is 0. The van der Waals surface area contributed by atoms with Crippen LogP contribution in [0.3, 0.4) is 0 Å². The average Bonchev–Trinajstić information content (AvgIpc) is 3.01. The molecule has 0 aromatic heterocycles. The Balaban J connectivity index is 1.46. The third-order valence-corrected chi connectivity index (χ3v) is 13.8. The van der Waals surface area contributed by atoms with Gasteiger partial charge in [0, 0.05) is 44.3 Å². The van der Waals surface area contributed by atoms with Crippen molar-refractivity contribution in [3.63, 3.8) is 0 Å². The number of benzene rings is 4. The minimum atomic E-state index is -0.0314. The Bertz CT molecular complexity index is 1630. The highest BCUT2D eigenvalue weighted by Crippen LogP contribution is 2.45. The van der Waals surface area contributed by atoms with E-state index >= 15 is 0 Å². The standard InChI is InChI=1S/C46H60O2S2/c1-29-17-15-18-30(2)41(29)37-25-35(45(5,6)7)23-33(43(37)47)27-49-39-21-13-11-12-14-22-40(39)50-28-34-24-36(46(8,9)10)26-38(44(34)48)42-31(3)19-16-20-32(42)4/h15-20,23-26,39-40,47-48H,11-14,21-22,27-28H2,1-10H3. The van der Waals surface area contributed by atoms with Gasteiger partial charge in [0.2, 0.25) is 0 Å². The first kappa shape index (κ1) is 38.4. The molecule has 2 N–H and O–H groups in total. The fraction of sp³-hybridized carbons (Fsp3) is 0.478. The Morgan fingerprint density at radius 1 is 0.540 bits per heavy atom. The van der Waals surface area contributed by atoms with Gasteiger partial charge in [0.15, 0.2) is 0 Å².